The van der Waals surface area contributed by atoms with Crippen molar-refractivity contribution in [2.24, 2.45) is 5.92 Å². The number of ether oxygens (including phenoxy) is 2. The Hall–Kier alpha value is -2.59. The Morgan fingerprint density at radius 2 is 1.94 bits per heavy atom. The Kier molecular flexibility index (Phi) is 5.94. The summed E-state index contributed by atoms with van der Waals surface area (Å²) in [5, 5.41) is 9.35. The number of hydrogen-bond donors (Lipinski definition) is 1. The lowest BCUT2D eigenvalue weighted by molar-refractivity contribution is -0.151. The Balaban J connectivity index is 1.72. The van der Waals surface area contributed by atoms with E-state index in [-0.39, 0.29) is 23.4 Å². The Morgan fingerprint density at radius 3 is 2.68 bits per heavy atom. The molecule has 2 aromatic rings. The van der Waals surface area contributed by atoms with Crippen molar-refractivity contribution in [3.63, 3.8) is 0 Å². The SMILES string of the molecule is CC(C)=CCC[C@]1(C)Oc2cc(-c3cccc(C(=O)O)c3)ccc2[C@@H]2O[C@H](C)CC[C@H]21. The van der Waals surface area contributed by atoms with Gasteiger partial charge in [-0.25, -0.2) is 4.79 Å². The predicted molar refractivity (Wildman–Crippen MR) is 123 cm³/mol. The molecule has 164 valence electrons. The monoisotopic (exact) mass is 420 g/mol. The zero-order valence-electron chi connectivity index (χ0n) is 18.9. The topological polar surface area (TPSA) is 55.8 Å². The summed E-state index contributed by atoms with van der Waals surface area (Å²) in [6.07, 6.45) is 6.61. The fraction of sp³-hybridized carbons (Fsp3) is 0.444. The highest BCUT2D eigenvalue weighted by atomic mass is 16.5. The molecule has 2 aliphatic rings. The maximum absolute atomic E-state index is 11.4. The highest BCUT2D eigenvalue weighted by Gasteiger charge is 2.49. The van der Waals surface area contributed by atoms with E-state index in [9.17, 15) is 9.90 Å². The first kappa shape index (κ1) is 21.6. The summed E-state index contributed by atoms with van der Waals surface area (Å²) in [6, 6.07) is 13.2. The Bertz CT molecular complexity index is 1000. The molecule has 2 heterocycles. The fourth-order valence-electron chi connectivity index (χ4n) is 4.97. The second-order valence-corrected chi connectivity index (χ2v) is 9.42. The van der Waals surface area contributed by atoms with Gasteiger partial charge in [0.15, 0.2) is 0 Å². The van der Waals surface area contributed by atoms with E-state index >= 15 is 0 Å². The van der Waals surface area contributed by atoms with Gasteiger partial charge in [-0.05, 0) is 82.7 Å². The highest BCUT2D eigenvalue weighted by Crippen LogP contribution is 2.52. The average molecular weight is 421 g/mol. The van der Waals surface area contributed by atoms with E-state index in [1.807, 2.05) is 12.1 Å². The quantitative estimate of drug-likeness (QED) is 0.540. The molecular weight excluding hydrogens is 388 g/mol. The lowest BCUT2D eigenvalue weighted by Gasteiger charge is -2.50. The van der Waals surface area contributed by atoms with Gasteiger partial charge in [0, 0.05) is 11.5 Å². The van der Waals surface area contributed by atoms with Crippen LogP contribution in [-0.4, -0.2) is 22.8 Å². The molecule has 4 rings (SSSR count). The van der Waals surface area contributed by atoms with Gasteiger partial charge in [0.25, 0.3) is 0 Å². The van der Waals surface area contributed by atoms with Gasteiger partial charge >= 0.3 is 5.97 Å². The molecular formula is C27H32O4. The summed E-state index contributed by atoms with van der Waals surface area (Å²) in [6.45, 7) is 8.64. The molecule has 0 aliphatic carbocycles. The molecule has 1 fully saturated rings. The number of carboxylic acid groups (broad SMARTS) is 1. The first-order valence-corrected chi connectivity index (χ1v) is 11.2. The van der Waals surface area contributed by atoms with E-state index in [2.05, 4.69) is 45.9 Å². The molecule has 0 saturated carbocycles. The van der Waals surface area contributed by atoms with Gasteiger partial charge in [-0.1, -0.05) is 35.9 Å². The number of hydrogen-bond acceptors (Lipinski definition) is 3. The van der Waals surface area contributed by atoms with Crippen LogP contribution in [0.1, 0.15) is 75.4 Å². The summed E-state index contributed by atoms with van der Waals surface area (Å²) < 4.78 is 13.2. The van der Waals surface area contributed by atoms with E-state index in [1.54, 1.807) is 18.2 Å². The number of aromatic carboxylic acids is 1. The van der Waals surface area contributed by atoms with Crippen LogP contribution in [0.25, 0.3) is 11.1 Å². The Labute approximate surface area is 184 Å². The summed E-state index contributed by atoms with van der Waals surface area (Å²) in [5.74, 6) is 0.256. The minimum Gasteiger partial charge on any atom is -0.487 e. The van der Waals surface area contributed by atoms with E-state index < -0.39 is 5.97 Å². The van der Waals surface area contributed by atoms with Crippen LogP contribution in [0.4, 0.5) is 0 Å². The smallest absolute Gasteiger partial charge is 0.335 e. The third-order valence-electron chi connectivity index (χ3n) is 6.71. The van der Waals surface area contributed by atoms with E-state index in [0.717, 1.165) is 48.1 Å². The molecule has 31 heavy (non-hydrogen) atoms. The summed E-state index contributed by atoms with van der Waals surface area (Å²) in [4.78, 5) is 11.4. The van der Waals surface area contributed by atoms with E-state index in [1.165, 1.54) is 5.57 Å². The number of fused-ring (bicyclic) bond motifs is 3. The molecule has 2 aliphatic heterocycles. The predicted octanol–water partition coefficient (Wildman–Crippen LogP) is 6.81. The molecule has 0 amide bonds. The van der Waals surface area contributed by atoms with Crippen molar-refractivity contribution in [3.05, 3.63) is 65.2 Å². The Morgan fingerprint density at radius 1 is 1.16 bits per heavy atom. The van der Waals surface area contributed by atoms with Crippen molar-refractivity contribution in [1.82, 2.24) is 0 Å². The number of carboxylic acids is 1. The van der Waals surface area contributed by atoms with Gasteiger partial charge in [-0.2, -0.15) is 0 Å². The normalized spacial score (nSPS) is 26.9. The second-order valence-electron chi connectivity index (χ2n) is 9.42. The number of carbonyl (C=O) groups is 1. The minimum absolute atomic E-state index is 0.0311. The van der Waals surface area contributed by atoms with Crippen molar-refractivity contribution in [2.45, 2.75) is 71.2 Å². The molecule has 2 aromatic carbocycles. The van der Waals surface area contributed by atoms with Gasteiger partial charge < -0.3 is 14.6 Å². The molecule has 1 N–H and O–H groups in total. The molecule has 0 bridgehead atoms. The summed E-state index contributed by atoms with van der Waals surface area (Å²) >= 11 is 0. The molecule has 4 atom stereocenters. The molecule has 0 radical (unpaired) electrons. The largest absolute Gasteiger partial charge is 0.487 e. The van der Waals surface area contributed by atoms with Crippen LogP contribution in [-0.2, 0) is 4.74 Å². The zero-order chi connectivity index (χ0) is 22.2. The van der Waals surface area contributed by atoms with E-state index in [4.69, 9.17) is 9.47 Å². The third-order valence-corrected chi connectivity index (χ3v) is 6.71. The van der Waals surface area contributed by atoms with Crippen LogP contribution in [0, 0.1) is 5.92 Å². The number of rotatable bonds is 5. The van der Waals surface area contributed by atoms with Gasteiger partial charge in [0.1, 0.15) is 11.4 Å². The van der Waals surface area contributed by atoms with E-state index in [0.29, 0.717) is 5.92 Å². The summed E-state index contributed by atoms with van der Waals surface area (Å²) in [7, 11) is 0. The van der Waals surface area contributed by atoms with Gasteiger partial charge in [0.05, 0.1) is 17.8 Å². The van der Waals surface area contributed by atoms with Crippen molar-refractivity contribution < 1.29 is 19.4 Å². The fourth-order valence-corrected chi connectivity index (χ4v) is 4.97. The van der Waals surface area contributed by atoms with Gasteiger partial charge in [-0.15, -0.1) is 0 Å². The zero-order valence-corrected chi connectivity index (χ0v) is 18.9. The first-order chi connectivity index (χ1) is 14.8. The van der Waals surface area contributed by atoms with Crippen LogP contribution in [0.5, 0.6) is 5.75 Å². The van der Waals surface area contributed by atoms with Gasteiger partial charge in [-0.3, -0.25) is 0 Å². The molecule has 0 unspecified atom stereocenters. The van der Waals surface area contributed by atoms with Crippen LogP contribution < -0.4 is 4.74 Å². The van der Waals surface area contributed by atoms with Crippen molar-refractivity contribution in [2.75, 3.05) is 0 Å². The highest BCUT2D eigenvalue weighted by molar-refractivity contribution is 5.89. The summed E-state index contributed by atoms with van der Waals surface area (Å²) in [5.41, 5.74) is 4.24. The number of benzene rings is 2. The molecule has 1 saturated heterocycles. The van der Waals surface area contributed by atoms with Gasteiger partial charge in [0.2, 0.25) is 0 Å². The minimum atomic E-state index is -0.921. The average Bonchev–Trinajstić information content (AvgIpc) is 2.73. The van der Waals surface area contributed by atoms with Crippen LogP contribution in [0.15, 0.2) is 54.1 Å². The maximum Gasteiger partial charge on any atom is 0.335 e. The lowest BCUT2D eigenvalue weighted by atomic mass is 9.72. The van der Waals surface area contributed by atoms with Crippen LogP contribution in [0.3, 0.4) is 0 Å². The standard InChI is InChI=1S/C27H32O4/c1-17(2)7-6-14-27(4)23-13-10-18(3)30-25(23)22-12-11-20(16-24(22)31-27)19-8-5-9-21(15-19)26(28)29/h5,7-9,11-12,15-16,18,23,25H,6,10,13-14H2,1-4H3,(H,28,29)/t18-,23-,25+,27+/m1/s1. The van der Waals surface area contributed by atoms with Crippen LogP contribution >= 0.6 is 0 Å². The maximum atomic E-state index is 11.4. The lowest BCUT2D eigenvalue weighted by Crippen LogP contribution is -2.50. The van der Waals surface area contributed by atoms with Crippen molar-refractivity contribution >= 4 is 5.97 Å². The third kappa shape index (κ3) is 4.40. The molecule has 4 heteroatoms. The number of allylic oxidation sites excluding steroid dienone is 2. The second kappa shape index (κ2) is 8.51. The van der Waals surface area contributed by atoms with Crippen molar-refractivity contribution in [3.8, 4) is 16.9 Å². The molecule has 4 nitrogen and oxygen atoms in total. The molecule has 0 spiro atoms. The van der Waals surface area contributed by atoms with Crippen LogP contribution in [0.2, 0.25) is 0 Å². The first-order valence-electron chi connectivity index (χ1n) is 11.2. The molecule has 0 aromatic heterocycles. The van der Waals surface area contributed by atoms with Crippen molar-refractivity contribution in [1.29, 1.82) is 0 Å².